The molecule has 2 aromatic carbocycles. The normalized spacial score (nSPS) is 24.8. The van der Waals surface area contributed by atoms with Gasteiger partial charge in [-0.1, -0.05) is 48.0 Å². The monoisotopic (exact) mass is 407 g/mol. The molecule has 2 unspecified atom stereocenters. The molecule has 5 nitrogen and oxygen atoms in total. The molecule has 6 heteroatoms. The van der Waals surface area contributed by atoms with Crippen LogP contribution in [0.5, 0.6) is 0 Å². The SMILES string of the molecule is N[C@@H](Cc1c[nH]c2ccccc12)C1=NC2(c3ccccc3Cl)CCCC(O1)C2=O. The van der Waals surface area contributed by atoms with Crippen LogP contribution in [0.25, 0.3) is 10.9 Å². The zero-order valence-corrected chi connectivity index (χ0v) is 16.7. The lowest BCUT2D eigenvalue weighted by Crippen LogP contribution is -2.54. The number of aromatic nitrogens is 1. The number of aliphatic imine (C=N–C) groups is 1. The minimum Gasteiger partial charge on any atom is -0.468 e. The lowest BCUT2D eigenvalue weighted by molar-refractivity contribution is -0.137. The molecule has 0 spiro atoms. The lowest BCUT2D eigenvalue weighted by atomic mass is 9.73. The summed E-state index contributed by atoms with van der Waals surface area (Å²) in [7, 11) is 0. The van der Waals surface area contributed by atoms with Gasteiger partial charge in [-0.3, -0.25) is 4.79 Å². The van der Waals surface area contributed by atoms with Gasteiger partial charge < -0.3 is 15.5 Å². The summed E-state index contributed by atoms with van der Waals surface area (Å²) in [6.07, 6.45) is 4.20. The Morgan fingerprint density at radius 3 is 2.90 bits per heavy atom. The van der Waals surface area contributed by atoms with Gasteiger partial charge in [0.15, 0.2) is 11.6 Å². The molecule has 3 N–H and O–H groups in total. The van der Waals surface area contributed by atoms with E-state index >= 15 is 0 Å². The first-order chi connectivity index (χ1) is 14.1. The number of halogens is 1. The van der Waals surface area contributed by atoms with Gasteiger partial charge >= 0.3 is 0 Å². The number of para-hydroxylation sites is 1. The molecule has 1 aliphatic carbocycles. The van der Waals surface area contributed by atoms with Crippen molar-refractivity contribution in [2.24, 2.45) is 10.7 Å². The predicted octanol–water partition coefficient (Wildman–Crippen LogP) is 4.14. The van der Waals surface area contributed by atoms with Gasteiger partial charge in [0.1, 0.15) is 0 Å². The van der Waals surface area contributed by atoms with Crippen LogP contribution in [0.15, 0.2) is 59.7 Å². The minimum absolute atomic E-state index is 0.0140. The van der Waals surface area contributed by atoms with Crippen LogP contribution in [0.4, 0.5) is 0 Å². The zero-order chi connectivity index (χ0) is 20.0. The van der Waals surface area contributed by atoms with Crippen molar-refractivity contribution in [1.29, 1.82) is 0 Å². The molecule has 1 aromatic heterocycles. The molecular weight excluding hydrogens is 386 g/mol. The fourth-order valence-corrected chi connectivity index (χ4v) is 4.86. The van der Waals surface area contributed by atoms with E-state index in [1.807, 2.05) is 42.6 Å². The Labute approximate surface area is 173 Å². The molecule has 3 aromatic rings. The van der Waals surface area contributed by atoms with E-state index in [0.717, 1.165) is 28.5 Å². The Kier molecular flexibility index (Phi) is 4.45. The van der Waals surface area contributed by atoms with Crippen LogP contribution in [0.3, 0.4) is 0 Å². The third kappa shape index (κ3) is 2.96. The number of hydrogen-bond donors (Lipinski definition) is 2. The van der Waals surface area contributed by atoms with E-state index in [4.69, 9.17) is 27.1 Å². The molecule has 3 atom stereocenters. The van der Waals surface area contributed by atoms with E-state index in [2.05, 4.69) is 11.1 Å². The van der Waals surface area contributed by atoms with Crippen molar-refractivity contribution < 1.29 is 9.53 Å². The molecule has 148 valence electrons. The van der Waals surface area contributed by atoms with Crippen LogP contribution in [0.1, 0.15) is 30.4 Å². The Morgan fingerprint density at radius 1 is 1.24 bits per heavy atom. The molecule has 1 aliphatic heterocycles. The molecule has 0 saturated heterocycles. The number of nitrogens with two attached hydrogens (primary N) is 1. The van der Waals surface area contributed by atoms with Crippen LogP contribution in [-0.4, -0.2) is 28.8 Å². The number of aromatic amines is 1. The molecule has 29 heavy (non-hydrogen) atoms. The molecule has 2 heterocycles. The van der Waals surface area contributed by atoms with Gasteiger partial charge in [-0.15, -0.1) is 0 Å². The number of carbonyl (C=O) groups excluding carboxylic acids is 1. The van der Waals surface area contributed by atoms with Crippen molar-refractivity contribution >= 4 is 34.2 Å². The fourth-order valence-electron chi connectivity index (χ4n) is 4.57. The van der Waals surface area contributed by atoms with Gasteiger partial charge in [-0.25, -0.2) is 4.99 Å². The number of ether oxygens (including phenoxy) is 1. The molecule has 2 bridgehead atoms. The van der Waals surface area contributed by atoms with Gasteiger partial charge in [-0.2, -0.15) is 0 Å². The van der Waals surface area contributed by atoms with Gasteiger partial charge in [0.2, 0.25) is 11.7 Å². The summed E-state index contributed by atoms with van der Waals surface area (Å²) < 4.78 is 6.00. The smallest absolute Gasteiger partial charge is 0.205 e. The minimum atomic E-state index is -0.993. The highest BCUT2D eigenvalue weighted by Gasteiger charge is 2.52. The average Bonchev–Trinajstić information content (AvgIpc) is 3.11. The summed E-state index contributed by atoms with van der Waals surface area (Å²) in [6, 6.07) is 15.1. The predicted molar refractivity (Wildman–Crippen MR) is 114 cm³/mol. The Morgan fingerprint density at radius 2 is 2.03 bits per heavy atom. The Balaban J connectivity index is 1.53. The number of ketones is 1. The van der Waals surface area contributed by atoms with Crippen molar-refractivity contribution in [1.82, 2.24) is 4.98 Å². The van der Waals surface area contributed by atoms with E-state index < -0.39 is 17.7 Å². The van der Waals surface area contributed by atoms with Crippen molar-refractivity contribution in [2.45, 2.75) is 43.4 Å². The second kappa shape index (κ2) is 7.01. The first kappa shape index (κ1) is 18.4. The quantitative estimate of drug-likeness (QED) is 0.682. The van der Waals surface area contributed by atoms with Gasteiger partial charge in [-0.05, 0) is 43.4 Å². The van der Waals surface area contributed by atoms with Crippen molar-refractivity contribution in [3.05, 3.63) is 70.9 Å². The summed E-state index contributed by atoms with van der Waals surface area (Å²) in [5, 5.41) is 1.69. The lowest BCUT2D eigenvalue weighted by Gasteiger charge is -2.42. The van der Waals surface area contributed by atoms with Crippen LogP contribution >= 0.6 is 11.6 Å². The molecular formula is C23H22ClN3O2. The number of nitrogens with one attached hydrogen (secondary N) is 1. The highest BCUT2D eigenvalue weighted by atomic mass is 35.5. The second-order valence-corrected chi connectivity index (χ2v) is 8.23. The van der Waals surface area contributed by atoms with Crippen molar-refractivity contribution in [2.75, 3.05) is 0 Å². The zero-order valence-electron chi connectivity index (χ0n) is 15.9. The summed E-state index contributed by atoms with van der Waals surface area (Å²) in [5.41, 5.74) is 8.47. The maximum atomic E-state index is 13.2. The van der Waals surface area contributed by atoms with E-state index in [1.165, 1.54) is 0 Å². The largest absolute Gasteiger partial charge is 0.468 e. The van der Waals surface area contributed by atoms with Crippen LogP contribution < -0.4 is 5.73 Å². The highest BCUT2D eigenvalue weighted by molar-refractivity contribution is 6.32. The number of rotatable bonds is 4. The topological polar surface area (TPSA) is 80.5 Å². The summed E-state index contributed by atoms with van der Waals surface area (Å²) in [4.78, 5) is 21.3. The van der Waals surface area contributed by atoms with E-state index in [1.54, 1.807) is 6.07 Å². The molecule has 5 rings (SSSR count). The Bertz CT molecular complexity index is 1120. The van der Waals surface area contributed by atoms with Crippen molar-refractivity contribution in [3.8, 4) is 0 Å². The second-order valence-electron chi connectivity index (χ2n) is 7.82. The van der Waals surface area contributed by atoms with Gasteiger partial charge in [0, 0.05) is 27.7 Å². The number of fused-ring (bicyclic) bond motifs is 3. The molecule has 2 aliphatic rings. The molecule has 1 saturated carbocycles. The molecule has 0 amide bonds. The molecule has 1 fully saturated rings. The maximum Gasteiger partial charge on any atom is 0.205 e. The van der Waals surface area contributed by atoms with Crippen LogP contribution in [-0.2, 0) is 21.5 Å². The standard InChI is InChI=1S/C23H22ClN3O2/c24-17-8-3-2-7-16(17)23-11-5-10-20(21(23)28)29-22(27-23)18(25)12-14-13-26-19-9-4-1-6-15(14)19/h1-4,6-9,13,18,20,26H,5,10-12,25H2/t18-,20?,23?/m0/s1. The number of benzene rings is 2. The number of Topliss-reactive ketones (excluding diaryl/α,β-unsaturated/α-hetero) is 1. The molecule has 0 radical (unpaired) electrons. The third-order valence-corrected chi connectivity index (χ3v) is 6.35. The first-order valence-corrected chi connectivity index (χ1v) is 10.3. The van der Waals surface area contributed by atoms with Gasteiger partial charge in [0.25, 0.3) is 0 Å². The number of hydrogen-bond acceptors (Lipinski definition) is 4. The van der Waals surface area contributed by atoms with E-state index in [0.29, 0.717) is 30.2 Å². The first-order valence-electron chi connectivity index (χ1n) is 9.95. The van der Waals surface area contributed by atoms with Gasteiger partial charge in [0.05, 0.1) is 6.04 Å². The number of H-pyrrole nitrogens is 1. The third-order valence-electron chi connectivity index (χ3n) is 6.02. The summed E-state index contributed by atoms with van der Waals surface area (Å²) in [5.74, 6) is 0.430. The maximum absolute atomic E-state index is 13.2. The van der Waals surface area contributed by atoms with Crippen LogP contribution in [0.2, 0.25) is 5.02 Å². The summed E-state index contributed by atoms with van der Waals surface area (Å²) in [6.45, 7) is 0. The number of nitrogens with zero attached hydrogens (tertiary/aromatic N) is 1. The summed E-state index contributed by atoms with van der Waals surface area (Å²) >= 11 is 6.47. The average molecular weight is 408 g/mol. The highest BCUT2D eigenvalue weighted by Crippen LogP contribution is 2.44. The van der Waals surface area contributed by atoms with E-state index in [9.17, 15) is 4.79 Å². The number of carbonyl (C=O) groups is 1. The van der Waals surface area contributed by atoms with E-state index in [-0.39, 0.29) is 5.78 Å². The van der Waals surface area contributed by atoms with Crippen molar-refractivity contribution in [3.63, 3.8) is 0 Å². The fraction of sp³-hybridized carbons (Fsp3) is 0.304. The van der Waals surface area contributed by atoms with Crippen LogP contribution in [0, 0.1) is 0 Å². The Hall–Kier alpha value is -2.63.